The Morgan fingerprint density at radius 3 is 2.35 bits per heavy atom. The van der Waals surface area contributed by atoms with E-state index >= 15 is 0 Å². The lowest BCUT2D eigenvalue weighted by Gasteiger charge is -2.18. The third-order valence-electron chi connectivity index (χ3n) is 3.17. The van der Waals surface area contributed by atoms with Crippen molar-refractivity contribution in [1.82, 2.24) is 5.32 Å². The van der Waals surface area contributed by atoms with Gasteiger partial charge in [-0.3, -0.25) is 14.4 Å². The number of carbonyl (C=O) groups is 3. The minimum absolute atomic E-state index is 0.0299. The van der Waals surface area contributed by atoms with Crippen molar-refractivity contribution in [2.45, 2.75) is 51.5 Å². The van der Waals surface area contributed by atoms with Crippen molar-refractivity contribution >= 4 is 28.7 Å². The van der Waals surface area contributed by atoms with Crippen LogP contribution in [0.25, 0.3) is 0 Å². The van der Waals surface area contributed by atoms with Crippen molar-refractivity contribution in [1.29, 1.82) is 0 Å². The van der Waals surface area contributed by atoms with Crippen molar-refractivity contribution < 1.29 is 14.4 Å². The summed E-state index contributed by atoms with van der Waals surface area (Å²) in [7, 11) is 0. The van der Waals surface area contributed by atoms with Crippen LogP contribution in [0.5, 0.6) is 0 Å². The quantitative estimate of drug-likeness (QED) is 0.782. The molecule has 0 saturated carbocycles. The van der Waals surface area contributed by atoms with Gasteiger partial charge in [-0.1, -0.05) is 58.0 Å². The first-order chi connectivity index (χ1) is 10.7. The van der Waals surface area contributed by atoms with Gasteiger partial charge in [0, 0.05) is 10.3 Å². The molecule has 0 aliphatic rings. The molecular weight excluding hydrogens is 312 g/mol. The van der Waals surface area contributed by atoms with Crippen LogP contribution in [0.1, 0.15) is 50.9 Å². The first kappa shape index (κ1) is 19.2. The Balaban J connectivity index is 2.97. The second-order valence-corrected chi connectivity index (χ2v) is 7.37. The number of primary amides is 1. The molecule has 1 aromatic rings. The summed E-state index contributed by atoms with van der Waals surface area (Å²) in [6.45, 7) is 7.40. The van der Waals surface area contributed by atoms with Gasteiger partial charge in [0.2, 0.25) is 5.91 Å². The van der Waals surface area contributed by atoms with Crippen molar-refractivity contribution in [3.63, 3.8) is 0 Å². The summed E-state index contributed by atoms with van der Waals surface area (Å²) in [5.74, 6) is -0.955. The number of hydrogen-bond donors (Lipinski definition) is 2. The van der Waals surface area contributed by atoms with Gasteiger partial charge in [0.15, 0.2) is 5.12 Å². The van der Waals surface area contributed by atoms with Gasteiger partial charge in [-0.05, 0) is 18.6 Å². The van der Waals surface area contributed by atoms with Gasteiger partial charge in [0.1, 0.15) is 6.04 Å². The average Bonchev–Trinajstić information content (AvgIpc) is 2.46. The summed E-state index contributed by atoms with van der Waals surface area (Å²) in [5, 5.41) is 2.62. The molecule has 1 aromatic carbocycles. The number of benzene rings is 1. The first-order valence-corrected chi connectivity index (χ1v) is 8.40. The topological polar surface area (TPSA) is 89.3 Å². The second kappa shape index (κ2) is 8.15. The molecule has 1 atom stereocenters. The smallest absolute Gasteiger partial charge is 0.253 e. The molecule has 0 saturated heterocycles. The summed E-state index contributed by atoms with van der Waals surface area (Å²) >= 11 is 1.04. The van der Waals surface area contributed by atoms with E-state index in [4.69, 9.17) is 5.73 Å². The van der Waals surface area contributed by atoms with Crippen LogP contribution in [-0.2, 0) is 9.59 Å². The zero-order chi connectivity index (χ0) is 17.6. The molecule has 3 N–H and O–H groups in total. The van der Waals surface area contributed by atoms with Gasteiger partial charge in [-0.15, -0.1) is 0 Å². The van der Waals surface area contributed by atoms with Crippen LogP contribution in [0.2, 0.25) is 0 Å². The summed E-state index contributed by atoms with van der Waals surface area (Å²) in [6, 6.07) is 6.15. The maximum absolute atomic E-state index is 12.4. The SMILES string of the molecule is CCC[C@H](NC(=O)c1ccccc1SC(=O)C(C)(C)C)C(N)=O. The number of rotatable bonds is 6. The summed E-state index contributed by atoms with van der Waals surface area (Å²) in [6.07, 6.45) is 1.21. The molecular formula is C17H24N2O3S. The molecule has 23 heavy (non-hydrogen) atoms. The molecule has 0 fully saturated rings. The number of nitrogens with two attached hydrogens (primary N) is 1. The molecule has 0 heterocycles. The molecule has 0 aliphatic carbocycles. The zero-order valence-corrected chi connectivity index (χ0v) is 14.8. The average molecular weight is 336 g/mol. The summed E-state index contributed by atoms with van der Waals surface area (Å²) < 4.78 is 0. The number of thioether (sulfide) groups is 1. The van der Waals surface area contributed by atoms with Crippen molar-refractivity contribution in [2.24, 2.45) is 11.1 Å². The Labute approximate surface area is 141 Å². The lowest BCUT2D eigenvalue weighted by atomic mass is 10.00. The van der Waals surface area contributed by atoms with E-state index in [-0.39, 0.29) is 5.12 Å². The fraction of sp³-hybridized carbons (Fsp3) is 0.471. The van der Waals surface area contributed by atoms with E-state index in [1.54, 1.807) is 24.3 Å². The molecule has 6 heteroatoms. The van der Waals surface area contributed by atoms with Gasteiger partial charge < -0.3 is 11.1 Å². The Morgan fingerprint density at radius 2 is 1.83 bits per heavy atom. The predicted octanol–water partition coefficient (Wildman–Crippen LogP) is 2.74. The minimum atomic E-state index is -0.705. The molecule has 2 amide bonds. The lowest BCUT2D eigenvalue weighted by Crippen LogP contribution is -2.44. The fourth-order valence-corrected chi connectivity index (χ4v) is 2.73. The zero-order valence-electron chi connectivity index (χ0n) is 14.0. The molecule has 0 bridgehead atoms. The van der Waals surface area contributed by atoms with Crippen LogP contribution in [0.3, 0.4) is 0 Å². The van der Waals surface area contributed by atoms with Crippen LogP contribution in [-0.4, -0.2) is 23.0 Å². The van der Waals surface area contributed by atoms with Crippen molar-refractivity contribution in [3.05, 3.63) is 29.8 Å². The van der Waals surface area contributed by atoms with E-state index in [1.807, 2.05) is 27.7 Å². The summed E-state index contributed by atoms with van der Waals surface area (Å²) in [4.78, 5) is 36.6. The Morgan fingerprint density at radius 1 is 1.22 bits per heavy atom. The Bertz CT molecular complexity index is 594. The van der Waals surface area contributed by atoms with Gasteiger partial charge in [0.25, 0.3) is 5.91 Å². The third kappa shape index (κ3) is 5.71. The van der Waals surface area contributed by atoms with Gasteiger partial charge in [-0.25, -0.2) is 0 Å². The van der Waals surface area contributed by atoms with Crippen LogP contribution >= 0.6 is 11.8 Å². The molecule has 0 unspecified atom stereocenters. The van der Waals surface area contributed by atoms with Crippen molar-refractivity contribution in [3.8, 4) is 0 Å². The molecule has 1 rings (SSSR count). The maximum atomic E-state index is 12.4. The van der Waals surface area contributed by atoms with E-state index in [0.717, 1.165) is 18.2 Å². The van der Waals surface area contributed by atoms with Crippen LogP contribution in [0.15, 0.2) is 29.2 Å². The van der Waals surface area contributed by atoms with Crippen molar-refractivity contribution in [2.75, 3.05) is 0 Å². The van der Waals surface area contributed by atoms with E-state index in [2.05, 4.69) is 5.32 Å². The highest BCUT2D eigenvalue weighted by Gasteiger charge is 2.25. The van der Waals surface area contributed by atoms with Gasteiger partial charge >= 0.3 is 0 Å². The minimum Gasteiger partial charge on any atom is -0.368 e. The predicted molar refractivity (Wildman–Crippen MR) is 92.1 cm³/mol. The fourth-order valence-electron chi connectivity index (χ4n) is 1.81. The van der Waals surface area contributed by atoms with Crippen LogP contribution in [0.4, 0.5) is 0 Å². The van der Waals surface area contributed by atoms with E-state index in [9.17, 15) is 14.4 Å². The standard InChI is InChI=1S/C17H24N2O3S/c1-5-8-12(14(18)20)19-15(21)11-9-6-7-10-13(11)23-16(22)17(2,3)4/h6-7,9-10,12H,5,8H2,1-4H3,(H2,18,20)(H,19,21)/t12-/m0/s1. The molecule has 0 radical (unpaired) electrons. The molecule has 0 aromatic heterocycles. The number of carbonyl (C=O) groups excluding carboxylic acids is 3. The Hall–Kier alpha value is -1.82. The number of hydrogen-bond acceptors (Lipinski definition) is 4. The first-order valence-electron chi connectivity index (χ1n) is 7.58. The molecule has 126 valence electrons. The molecule has 0 spiro atoms. The third-order valence-corrected chi connectivity index (χ3v) is 4.55. The van der Waals surface area contributed by atoms with E-state index < -0.39 is 23.3 Å². The number of amides is 2. The molecule has 5 nitrogen and oxygen atoms in total. The largest absolute Gasteiger partial charge is 0.368 e. The monoisotopic (exact) mass is 336 g/mol. The van der Waals surface area contributed by atoms with Crippen LogP contribution < -0.4 is 11.1 Å². The van der Waals surface area contributed by atoms with Crippen LogP contribution in [0, 0.1) is 5.41 Å². The maximum Gasteiger partial charge on any atom is 0.253 e. The van der Waals surface area contributed by atoms with E-state index in [1.165, 1.54) is 0 Å². The lowest BCUT2D eigenvalue weighted by molar-refractivity contribution is -0.120. The summed E-state index contributed by atoms with van der Waals surface area (Å²) in [5.41, 5.74) is 5.18. The van der Waals surface area contributed by atoms with Gasteiger partial charge in [-0.2, -0.15) is 0 Å². The second-order valence-electron chi connectivity index (χ2n) is 6.35. The number of nitrogens with one attached hydrogen (secondary N) is 1. The highest BCUT2D eigenvalue weighted by atomic mass is 32.2. The normalized spacial score (nSPS) is 12.5. The Kier molecular flexibility index (Phi) is 6.81. The molecule has 0 aliphatic heterocycles. The highest BCUT2D eigenvalue weighted by molar-refractivity contribution is 8.13. The van der Waals surface area contributed by atoms with Gasteiger partial charge in [0.05, 0.1) is 5.56 Å². The highest BCUT2D eigenvalue weighted by Crippen LogP contribution is 2.31. The van der Waals surface area contributed by atoms with E-state index in [0.29, 0.717) is 16.9 Å².